The van der Waals surface area contributed by atoms with Gasteiger partial charge >= 0.3 is 6.03 Å². The molecule has 0 unspecified atom stereocenters. The molecule has 0 aliphatic heterocycles. The fraction of sp³-hybridized carbons (Fsp3) is 0.462. The van der Waals surface area contributed by atoms with E-state index < -0.39 is 40.1 Å². The molecule has 286 valence electrons. The number of ketones is 1. The number of sulfonamides is 1. The van der Waals surface area contributed by atoms with E-state index in [-0.39, 0.29) is 54.3 Å². The molecule has 0 saturated heterocycles. The first kappa shape index (κ1) is 41.1. The van der Waals surface area contributed by atoms with Gasteiger partial charge in [-0.15, -0.1) is 0 Å². The highest BCUT2D eigenvalue weighted by molar-refractivity contribution is 7.89. The predicted octanol–water partition coefficient (Wildman–Crippen LogP) is 4.62. The molecule has 3 aromatic rings. The van der Waals surface area contributed by atoms with Crippen LogP contribution in [0.2, 0.25) is 0 Å². The first-order valence-electron chi connectivity index (χ1n) is 18.1. The molecule has 14 heteroatoms. The molecule has 2 aromatic carbocycles. The third-order valence-electron chi connectivity index (χ3n) is 9.83. The molecule has 13 nitrogen and oxygen atoms in total. The lowest BCUT2D eigenvalue weighted by Crippen LogP contribution is -2.58. The number of Topliss-reactive ketones (excluding diaryl/α,β-unsaturated/α-hetero) is 1. The number of aliphatic hydroxyl groups is 1. The number of amides is 3. The number of nitrogens with zero attached hydrogens (tertiary/aromatic N) is 4. The van der Waals surface area contributed by atoms with Gasteiger partial charge in [0.25, 0.3) is 0 Å². The number of pyridine rings is 1. The van der Waals surface area contributed by atoms with E-state index in [0.717, 1.165) is 31.2 Å². The van der Waals surface area contributed by atoms with Crippen molar-refractivity contribution in [2.24, 2.45) is 17.0 Å². The van der Waals surface area contributed by atoms with Crippen molar-refractivity contribution in [1.82, 2.24) is 24.8 Å². The smallest absolute Gasteiger partial charge is 0.318 e. The van der Waals surface area contributed by atoms with Crippen LogP contribution in [0, 0.1) is 11.8 Å². The van der Waals surface area contributed by atoms with E-state index >= 15 is 0 Å². The average Bonchev–Trinajstić information content (AvgIpc) is 3.67. The Bertz CT molecular complexity index is 1800. The molecule has 1 heterocycles. The van der Waals surface area contributed by atoms with Crippen molar-refractivity contribution in [2.45, 2.75) is 88.9 Å². The van der Waals surface area contributed by atoms with Crippen LogP contribution in [0.3, 0.4) is 0 Å². The molecule has 1 aromatic heterocycles. The molecule has 0 radical (unpaired) electrons. The lowest BCUT2D eigenvalue weighted by atomic mass is 9.96. The number of nitrogens with one attached hydrogen (secondary N) is 2. The largest absolute Gasteiger partial charge is 0.411 e. The zero-order valence-electron chi connectivity index (χ0n) is 30.9. The van der Waals surface area contributed by atoms with Crippen molar-refractivity contribution in [1.29, 1.82) is 0 Å². The summed E-state index contributed by atoms with van der Waals surface area (Å²) >= 11 is 0. The summed E-state index contributed by atoms with van der Waals surface area (Å²) < 4.78 is 29.5. The van der Waals surface area contributed by atoms with Crippen LogP contribution in [-0.2, 0) is 27.8 Å². The number of carbonyl (C=O) groups is 3. The Hall–Kier alpha value is -4.66. The van der Waals surface area contributed by atoms with E-state index in [0.29, 0.717) is 17.7 Å². The van der Waals surface area contributed by atoms with Gasteiger partial charge in [-0.25, -0.2) is 18.2 Å². The normalized spacial score (nSPS) is 15.9. The SMILES string of the molecule is CC[C@H](C)[C@H](NC(=O)N(C)Cc1cccc(C(C)=O)n1)C(=O)N[C@@H](Cc1ccccc1)[C@H](O)CN(CC1CCCC1)S(=O)(=O)c1ccc(C=NO)cc1. The molecule has 1 aliphatic rings. The van der Waals surface area contributed by atoms with Crippen molar-refractivity contribution >= 4 is 34.0 Å². The third-order valence-corrected chi connectivity index (χ3v) is 11.7. The van der Waals surface area contributed by atoms with E-state index in [1.807, 2.05) is 44.2 Å². The van der Waals surface area contributed by atoms with Gasteiger partial charge in [0.2, 0.25) is 15.9 Å². The number of benzene rings is 2. The zero-order valence-corrected chi connectivity index (χ0v) is 31.7. The minimum Gasteiger partial charge on any atom is -0.411 e. The summed E-state index contributed by atoms with van der Waals surface area (Å²) in [5.41, 5.74) is 2.15. The third kappa shape index (κ3) is 11.7. The second-order valence-electron chi connectivity index (χ2n) is 13.9. The Labute approximate surface area is 312 Å². The van der Waals surface area contributed by atoms with E-state index in [4.69, 9.17) is 5.21 Å². The van der Waals surface area contributed by atoms with Crippen LogP contribution in [0.15, 0.2) is 82.8 Å². The van der Waals surface area contributed by atoms with E-state index in [1.54, 1.807) is 25.2 Å². The summed E-state index contributed by atoms with van der Waals surface area (Å²) in [6.45, 7) is 5.21. The molecular formula is C39H52N6O7S. The van der Waals surface area contributed by atoms with E-state index in [1.165, 1.54) is 46.6 Å². The minimum absolute atomic E-state index is 0.0355. The molecule has 0 bridgehead atoms. The monoisotopic (exact) mass is 748 g/mol. The molecule has 1 fully saturated rings. The molecule has 1 aliphatic carbocycles. The molecule has 53 heavy (non-hydrogen) atoms. The van der Waals surface area contributed by atoms with Crippen LogP contribution >= 0.6 is 0 Å². The van der Waals surface area contributed by atoms with Gasteiger partial charge in [0, 0.05) is 27.1 Å². The highest BCUT2D eigenvalue weighted by Crippen LogP contribution is 2.28. The number of aliphatic hydroxyl groups excluding tert-OH is 1. The molecule has 3 amide bonds. The first-order chi connectivity index (χ1) is 25.3. The maximum Gasteiger partial charge on any atom is 0.318 e. The van der Waals surface area contributed by atoms with Crippen LogP contribution < -0.4 is 10.6 Å². The molecule has 4 atom stereocenters. The first-order valence-corrected chi connectivity index (χ1v) is 19.5. The van der Waals surface area contributed by atoms with E-state index in [2.05, 4.69) is 20.8 Å². The minimum atomic E-state index is -4.08. The average molecular weight is 749 g/mol. The van der Waals surface area contributed by atoms with Gasteiger partial charge in [-0.05, 0) is 66.5 Å². The maximum atomic E-state index is 14.1. The van der Waals surface area contributed by atoms with Crippen molar-refractivity contribution in [3.63, 3.8) is 0 Å². The van der Waals surface area contributed by atoms with Crippen LogP contribution in [0.4, 0.5) is 4.79 Å². The summed E-state index contributed by atoms with van der Waals surface area (Å²) in [6, 6.07) is 17.9. The van der Waals surface area contributed by atoms with Gasteiger partial charge in [-0.3, -0.25) is 9.59 Å². The fourth-order valence-electron chi connectivity index (χ4n) is 6.48. The van der Waals surface area contributed by atoms with Gasteiger partial charge in [-0.1, -0.05) is 86.8 Å². The topological polar surface area (TPSA) is 182 Å². The molecule has 4 rings (SSSR count). The standard InChI is InChI=1S/C39H52N6O7S/c1-5-27(2)37(43-39(49)44(4)25-32-16-11-17-34(41-32)28(3)46)38(48)42-35(22-29-12-7-6-8-13-29)36(47)26-45(24-31-14-9-10-15-31)53(51,52)33-20-18-30(19-21-33)23-40-50/h6-8,11-13,16-21,23,27,31,35-37,47,50H,5,9-10,14-15,22,24-26H2,1-4H3,(H,42,48)(H,43,49)/t27-,35-,36+,37-/m0/s1. The molecule has 1 saturated carbocycles. The summed E-state index contributed by atoms with van der Waals surface area (Å²) in [6.07, 6.45) is 4.41. The zero-order chi connectivity index (χ0) is 38.5. The lowest BCUT2D eigenvalue weighted by Gasteiger charge is -2.33. The summed E-state index contributed by atoms with van der Waals surface area (Å²) in [4.78, 5) is 45.1. The summed E-state index contributed by atoms with van der Waals surface area (Å²) in [7, 11) is -2.51. The van der Waals surface area contributed by atoms with Crippen LogP contribution in [0.5, 0.6) is 0 Å². The number of oxime groups is 1. The van der Waals surface area contributed by atoms with Crippen molar-refractivity contribution < 1.29 is 33.1 Å². The van der Waals surface area contributed by atoms with Crippen LogP contribution in [0.25, 0.3) is 0 Å². The second kappa shape index (κ2) is 19.4. The quantitative estimate of drug-likeness (QED) is 0.0630. The second-order valence-corrected chi connectivity index (χ2v) is 15.8. The number of urea groups is 1. The molecule has 0 spiro atoms. The Morgan fingerprint density at radius 3 is 2.30 bits per heavy atom. The molecule has 4 N–H and O–H groups in total. The number of carbonyl (C=O) groups excluding carboxylic acids is 3. The maximum absolute atomic E-state index is 14.1. The van der Waals surface area contributed by atoms with Crippen molar-refractivity contribution in [2.75, 3.05) is 20.1 Å². The van der Waals surface area contributed by atoms with Gasteiger partial charge in [0.05, 0.1) is 35.5 Å². The summed E-state index contributed by atoms with van der Waals surface area (Å²) in [5.74, 6) is -0.868. The number of aromatic nitrogens is 1. The number of rotatable bonds is 18. The Balaban J connectivity index is 1.57. The van der Waals surface area contributed by atoms with E-state index in [9.17, 15) is 27.9 Å². The van der Waals surface area contributed by atoms with Crippen LogP contribution in [0.1, 0.15) is 80.2 Å². The van der Waals surface area contributed by atoms with Gasteiger partial charge in [-0.2, -0.15) is 4.31 Å². The van der Waals surface area contributed by atoms with Gasteiger partial charge in [0.15, 0.2) is 5.78 Å². The van der Waals surface area contributed by atoms with Crippen LogP contribution in [-0.4, -0.2) is 95.2 Å². The highest BCUT2D eigenvalue weighted by atomic mass is 32.2. The highest BCUT2D eigenvalue weighted by Gasteiger charge is 2.35. The predicted molar refractivity (Wildman–Crippen MR) is 202 cm³/mol. The van der Waals surface area contributed by atoms with Crippen molar-refractivity contribution in [3.05, 3.63) is 95.3 Å². The molecular weight excluding hydrogens is 697 g/mol. The Morgan fingerprint density at radius 1 is 1.00 bits per heavy atom. The summed E-state index contributed by atoms with van der Waals surface area (Å²) in [5, 5.41) is 29.6. The van der Waals surface area contributed by atoms with Crippen molar-refractivity contribution in [3.8, 4) is 0 Å². The Morgan fingerprint density at radius 2 is 1.68 bits per heavy atom. The Kier molecular flexibility index (Phi) is 15.1. The fourth-order valence-corrected chi connectivity index (χ4v) is 8.01. The number of hydrogen-bond acceptors (Lipinski definition) is 9. The van der Waals surface area contributed by atoms with Gasteiger partial charge in [0.1, 0.15) is 11.7 Å². The van der Waals surface area contributed by atoms with Gasteiger partial charge < -0.3 is 25.8 Å². The lowest BCUT2D eigenvalue weighted by molar-refractivity contribution is -0.125. The number of hydrogen-bond donors (Lipinski definition) is 4.